The van der Waals surface area contributed by atoms with Crippen molar-refractivity contribution in [2.45, 2.75) is 11.7 Å². The van der Waals surface area contributed by atoms with Gasteiger partial charge in [-0.1, -0.05) is 41.6 Å². The summed E-state index contributed by atoms with van der Waals surface area (Å²) in [5, 5.41) is 12.1. The van der Waals surface area contributed by atoms with Crippen LogP contribution in [0.4, 0.5) is 0 Å². The number of aromatic amines is 1. The average molecular weight is 483 g/mol. The number of esters is 1. The molecule has 2 aromatic heterocycles. The van der Waals surface area contributed by atoms with Gasteiger partial charge >= 0.3 is 5.97 Å². The average Bonchev–Trinajstić information content (AvgIpc) is 3.23. The number of aromatic nitrogens is 4. The van der Waals surface area contributed by atoms with Crippen LogP contribution in [0.2, 0.25) is 5.02 Å². The number of nitrogens with one attached hydrogen (secondary N) is 1. The third kappa shape index (κ3) is 4.50. The highest BCUT2D eigenvalue weighted by atomic mass is 35.5. The zero-order valence-corrected chi connectivity index (χ0v) is 19.1. The summed E-state index contributed by atoms with van der Waals surface area (Å²) in [5.41, 5.74) is 1.43. The fraction of sp³-hybridized carbons (Fsp3) is 0.130. The molecule has 0 spiro atoms. The van der Waals surface area contributed by atoms with Gasteiger partial charge in [0.15, 0.2) is 5.16 Å². The van der Waals surface area contributed by atoms with E-state index in [1.807, 2.05) is 18.2 Å². The second kappa shape index (κ2) is 9.51. The molecule has 33 heavy (non-hydrogen) atoms. The van der Waals surface area contributed by atoms with E-state index in [4.69, 9.17) is 16.3 Å². The Morgan fingerprint density at radius 2 is 2.06 bits per heavy atom. The highest BCUT2D eigenvalue weighted by Crippen LogP contribution is 2.26. The third-order valence-corrected chi connectivity index (χ3v) is 6.06. The molecule has 2 N–H and O–H groups in total. The molecule has 0 aliphatic heterocycles. The largest absolute Gasteiger partial charge is 0.510 e. The van der Waals surface area contributed by atoms with E-state index in [9.17, 15) is 14.7 Å². The van der Waals surface area contributed by atoms with Crippen LogP contribution >= 0.6 is 23.4 Å². The van der Waals surface area contributed by atoms with Crippen LogP contribution in [0.3, 0.4) is 0 Å². The third-order valence-electron chi connectivity index (χ3n) is 4.84. The summed E-state index contributed by atoms with van der Waals surface area (Å²) >= 11 is 7.16. The lowest BCUT2D eigenvalue weighted by Gasteiger charge is -2.12. The zero-order valence-electron chi connectivity index (χ0n) is 17.5. The van der Waals surface area contributed by atoms with Gasteiger partial charge in [0.2, 0.25) is 0 Å². The molecule has 168 valence electrons. The molecular formula is C23H19ClN4O4S. The number of rotatable bonds is 7. The number of carbonyl (C=O) groups excluding carboxylic acids is 1. The van der Waals surface area contributed by atoms with E-state index in [0.29, 0.717) is 32.1 Å². The minimum Gasteiger partial charge on any atom is -0.510 e. The van der Waals surface area contributed by atoms with Crippen molar-refractivity contribution in [2.75, 3.05) is 12.9 Å². The van der Waals surface area contributed by atoms with E-state index in [2.05, 4.69) is 21.5 Å². The molecule has 0 saturated carbocycles. The second-order valence-electron chi connectivity index (χ2n) is 6.96. The number of para-hydroxylation sites is 2. The van der Waals surface area contributed by atoms with Crippen molar-refractivity contribution >= 4 is 56.8 Å². The number of carbonyl (C=O) groups is 1. The number of aliphatic hydroxyl groups is 1. The molecule has 0 aliphatic rings. The Bertz CT molecular complexity index is 1440. The highest BCUT2D eigenvalue weighted by molar-refractivity contribution is 7.99. The highest BCUT2D eigenvalue weighted by Gasteiger charge is 2.23. The lowest BCUT2D eigenvalue weighted by Crippen LogP contribution is -2.23. The van der Waals surface area contributed by atoms with E-state index in [1.54, 1.807) is 30.3 Å². The van der Waals surface area contributed by atoms with Crippen molar-refractivity contribution in [3.05, 3.63) is 82.1 Å². The quantitative estimate of drug-likeness (QED) is 0.101. The van der Waals surface area contributed by atoms with Crippen molar-refractivity contribution in [1.29, 1.82) is 0 Å². The number of methoxy groups -OCH3 is 1. The zero-order chi connectivity index (χ0) is 23.5. The van der Waals surface area contributed by atoms with Crippen molar-refractivity contribution in [2.24, 2.45) is 0 Å². The number of H-pyrrole nitrogens is 1. The maximum atomic E-state index is 13.0. The van der Waals surface area contributed by atoms with Gasteiger partial charge in [0, 0.05) is 11.6 Å². The number of halogens is 1. The Morgan fingerprint density at radius 1 is 1.27 bits per heavy atom. The number of ether oxygens (including phenoxy) is 1. The molecule has 2 heterocycles. The van der Waals surface area contributed by atoms with Gasteiger partial charge in [-0.2, -0.15) is 0 Å². The van der Waals surface area contributed by atoms with Gasteiger partial charge in [0.1, 0.15) is 17.2 Å². The number of hydrogen-bond donors (Lipinski definition) is 2. The summed E-state index contributed by atoms with van der Waals surface area (Å²) in [7, 11) is 1.22. The fourth-order valence-corrected chi connectivity index (χ4v) is 4.36. The van der Waals surface area contributed by atoms with Crippen molar-refractivity contribution in [3.63, 3.8) is 0 Å². The predicted octanol–water partition coefficient (Wildman–Crippen LogP) is 4.35. The first-order chi connectivity index (χ1) is 15.9. The molecule has 0 fully saturated rings. The maximum Gasteiger partial charge on any atom is 0.345 e. The van der Waals surface area contributed by atoms with Crippen molar-refractivity contribution < 1.29 is 14.6 Å². The molecular weight excluding hydrogens is 464 g/mol. The molecule has 2 aromatic carbocycles. The van der Waals surface area contributed by atoms with E-state index >= 15 is 0 Å². The van der Waals surface area contributed by atoms with Crippen LogP contribution < -0.4 is 5.56 Å². The summed E-state index contributed by atoms with van der Waals surface area (Å²) in [6.07, 6.45) is 1.58. The lowest BCUT2D eigenvalue weighted by molar-refractivity contribution is -0.133. The Hall–Kier alpha value is -3.56. The lowest BCUT2D eigenvalue weighted by atomic mass is 10.2. The monoisotopic (exact) mass is 482 g/mol. The first-order valence-electron chi connectivity index (χ1n) is 9.82. The van der Waals surface area contributed by atoms with Gasteiger partial charge in [-0.15, -0.1) is 6.58 Å². The molecule has 4 aromatic rings. The second-order valence-corrected chi connectivity index (χ2v) is 8.34. The SMILES string of the molecule is C=CCn1c(SC/C(O)=C(\C(=O)OC)c2nc3ccccc3[nH]2)nc2cc(Cl)ccc2c1=O. The van der Waals surface area contributed by atoms with Crippen LogP contribution in [0.15, 0.2) is 70.8 Å². The van der Waals surface area contributed by atoms with Crippen LogP contribution in [-0.4, -0.2) is 43.5 Å². The van der Waals surface area contributed by atoms with Gasteiger partial charge in [-0.3, -0.25) is 9.36 Å². The van der Waals surface area contributed by atoms with E-state index in [-0.39, 0.29) is 35.0 Å². The first kappa shape index (κ1) is 22.6. The molecule has 4 rings (SSSR count). The van der Waals surface area contributed by atoms with Gasteiger partial charge in [0.25, 0.3) is 5.56 Å². The van der Waals surface area contributed by atoms with E-state index in [0.717, 1.165) is 11.8 Å². The first-order valence-corrected chi connectivity index (χ1v) is 11.2. The summed E-state index contributed by atoms with van der Waals surface area (Å²) in [6, 6.07) is 12.1. The Morgan fingerprint density at radius 3 is 2.79 bits per heavy atom. The number of allylic oxidation sites excluding steroid dienone is 1. The van der Waals surface area contributed by atoms with Crippen LogP contribution in [0.1, 0.15) is 5.82 Å². The summed E-state index contributed by atoms with van der Waals surface area (Å²) in [6.45, 7) is 3.93. The topological polar surface area (TPSA) is 110 Å². The smallest absolute Gasteiger partial charge is 0.345 e. The number of hydrogen-bond acceptors (Lipinski definition) is 7. The van der Waals surface area contributed by atoms with Gasteiger partial charge in [-0.05, 0) is 30.3 Å². The van der Waals surface area contributed by atoms with Crippen molar-refractivity contribution in [1.82, 2.24) is 19.5 Å². The number of fused-ring (bicyclic) bond motifs is 2. The number of thioether (sulfide) groups is 1. The standard InChI is InChI=1S/C23H19ClN4O4S/c1-3-10-28-21(30)14-9-8-13(24)11-17(14)27-23(28)33-12-18(29)19(22(31)32-2)20-25-15-6-4-5-7-16(15)26-20/h3-9,11,29H,1,10,12H2,2H3,(H,25,26)/b19-18+. The summed E-state index contributed by atoms with van der Waals surface area (Å²) in [5.74, 6) is -0.884. The number of nitrogens with zero attached hydrogens (tertiary/aromatic N) is 3. The fourth-order valence-electron chi connectivity index (χ4n) is 3.30. The molecule has 0 bridgehead atoms. The van der Waals surface area contributed by atoms with E-state index in [1.165, 1.54) is 11.7 Å². The number of aliphatic hydroxyl groups excluding tert-OH is 1. The minimum atomic E-state index is -0.742. The Labute approximate surface area is 197 Å². The van der Waals surface area contributed by atoms with Gasteiger partial charge in [-0.25, -0.2) is 14.8 Å². The molecule has 0 saturated heterocycles. The molecule has 0 radical (unpaired) electrons. The predicted molar refractivity (Wildman–Crippen MR) is 130 cm³/mol. The van der Waals surface area contributed by atoms with Crippen LogP contribution in [0, 0.1) is 0 Å². The molecule has 0 amide bonds. The van der Waals surface area contributed by atoms with Crippen LogP contribution in [0.5, 0.6) is 0 Å². The molecule has 0 aliphatic carbocycles. The van der Waals surface area contributed by atoms with Crippen LogP contribution in [0.25, 0.3) is 27.5 Å². The minimum absolute atomic E-state index is 0.0584. The van der Waals surface area contributed by atoms with E-state index < -0.39 is 5.97 Å². The van der Waals surface area contributed by atoms with Crippen LogP contribution in [-0.2, 0) is 16.1 Å². The maximum absolute atomic E-state index is 13.0. The number of imidazole rings is 1. The molecule has 8 nitrogen and oxygen atoms in total. The Balaban J connectivity index is 1.75. The van der Waals surface area contributed by atoms with Gasteiger partial charge < -0.3 is 14.8 Å². The molecule has 10 heteroatoms. The normalized spacial score (nSPS) is 12.1. The van der Waals surface area contributed by atoms with Crippen molar-refractivity contribution in [3.8, 4) is 0 Å². The van der Waals surface area contributed by atoms with Gasteiger partial charge in [0.05, 0.1) is 34.8 Å². The summed E-state index contributed by atoms with van der Waals surface area (Å²) < 4.78 is 6.31. The Kier molecular flexibility index (Phi) is 6.52. The molecule has 0 atom stereocenters. The summed E-state index contributed by atoms with van der Waals surface area (Å²) in [4.78, 5) is 37.4. The number of benzene rings is 2. The molecule has 0 unspecified atom stereocenters.